The Morgan fingerprint density at radius 2 is 1.23 bits per heavy atom. The number of carbonyl (C=O) groups excluding carboxylic acids is 2. The predicted molar refractivity (Wildman–Crippen MR) is 127 cm³/mol. The lowest BCUT2D eigenvalue weighted by molar-refractivity contribution is -0.150. The maximum Gasteiger partial charge on any atom is 0.410 e. The molecule has 5 nitrogen and oxygen atoms in total. The molecule has 1 amide bonds. The third kappa shape index (κ3) is 13.7. The first kappa shape index (κ1) is 27.8. The van der Waals surface area contributed by atoms with Gasteiger partial charge in [-0.05, 0) is 32.1 Å². The summed E-state index contributed by atoms with van der Waals surface area (Å²) in [7, 11) is 0. The number of unbranched alkanes of at least 4 members (excludes halogenated alkanes) is 13. The van der Waals surface area contributed by atoms with Crippen LogP contribution in [0.15, 0.2) is 0 Å². The van der Waals surface area contributed by atoms with Gasteiger partial charge in [0.2, 0.25) is 0 Å². The number of hydrogen-bond donors (Lipinski definition) is 0. The highest BCUT2D eigenvalue weighted by atomic mass is 16.6. The van der Waals surface area contributed by atoms with Crippen LogP contribution in [0, 0.1) is 0 Å². The molecule has 0 spiro atoms. The van der Waals surface area contributed by atoms with Crippen molar-refractivity contribution in [2.45, 2.75) is 135 Å². The minimum Gasteiger partial charge on any atom is -0.464 e. The molecule has 1 atom stereocenters. The largest absolute Gasteiger partial charge is 0.464 e. The highest BCUT2D eigenvalue weighted by Gasteiger charge is 2.34. The van der Waals surface area contributed by atoms with Crippen molar-refractivity contribution in [3.63, 3.8) is 0 Å². The van der Waals surface area contributed by atoms with E-state index in [0.717, 1.165) is 32.1 Å². The Bertz CT molecular complexity index is 455. The summed E-state index contributed by atoms with van der Waals surface area (Å²) >= 11 is 0. The molecule has 0 radical (unpaired) electrons. The van der Waals surface area contributed by atoms with Gasteiger partial charge in [-0.15, -0.1) is 0 Å². The van der Waals surface area contributed by atoms with Gasteiger partial charge in [-0.2, -0.15) is 0 Å². The molecule has 0 N–H and O–H groups in total. The summed E-state index contributed by atoms with van der Waals surface area (Å²) in [6.45, 7) is 5.68. The van der Waals surface area contributed by atoms with Crippen molar-refractivity contribution < 1.29 is 19.1 Å². The number of esters is 1. The second kappa shape index (κ2) is 19.4. The molecule has 1 saturated heterocycles. The van der Waals surface area contributed by atoms with Crippen LogP contribution in [0.3, 0.4) is 0 Å². The molecule has 5 heteroatoms. The molecular weight excluding hydrogens is 390 g/mol. The SMILES string of the molecule is CCCCCCCCCCCCCCCCOC(=O)C1CCCCN1C(=O)OCCC. The lowest BCUT2D eigenvalue weighted by Crippen LogP contribution is -2.49. The molecule has 1 aliphatic rings. The molecule has 0 aromatic carbocycles. The molecule has 0 bridgehead atoms. The van der Waals surface area contributed by atoms with E-state index in [2.05, 4.69) is 6.92 Å². The van der Waals surface area contributed by atoms with Gasteiger partial charge in [-0.3, -0.25) is 4.90 Å². The van der Waals surface area contributed by atoms with Crippen LogP contribution < -0.4 is 0 Å². The number of carbonyl (C=O) groups is 2. The van der Waals surface area contributed by atoms with Crippen molar-refractivity contribution in [2.24, 2.45) is 0 Å². The Hall–Kier alpha value is -1.26. The Balaban J connectivity index is 1.98. The summed E-state index contributed by atoms with van der Waals surface area (Å²) in [5, 5.41) is 0. The normalized spacial score (nSPS) is 16.3. The van der Waals surface area contributed by atoms with Gasteiger partial charge in [-0.1, -0.05) is 97.3 Å². The smallest absolute Gasteiger partial charge is 0.410 e. The molecule has 31 heavy (non-hydrogen) atoms. The van der Waals surface area contributed by atoms with Gasteiger partial charge in [0.05, 0.1) is 13.2 Å². The van der Waals surface area contributed by atoms with Gasteiger partial charge in [-0.25, -0.2) is 9.59 Å². The van der Waals surface area contributed by atoms with Crippen LogP contribution >= 0.6 is 0 Å². The topological polar surface area (TPSA) is 55.8 Å². The van der Waals surface area contributed by atoms with Crippen molar-refractivity contribution in [3.05, 3.63) is 0 Å². The van der Waals surface area contributed by atoms with Crippen LogP contribution in [0.2, 0.25) is 0 Å². The average molecular weight is 440 g/mol. The third-order valence-corrected chi connectivity index (χ3v) is 6.18. The lowest BCUT2D eigenvalue weighted by Gasteiger charge is -2.33. The summed E-state index contributed by atoms with van der Waals surface area (Å²) in [6.07, 6.45) is 21.3. The van der Waals surface area contributed by atoms with Crippen molar-refractivity contribution in [2.75, 3.05) is 19.8 Å². The average Bonchev–Trinajstić information content (AvgIpc) is 2.79. The summed E-state index contributed by atoms with van der Waals surface area (Å²) in [5.41, 5.74) is 0. The van der Waals surface area contributed by atoms with E-state index in [1.165, 1.54) is 77.0 Å². The maximum absolute atomic E-state index is 12.4. The minimum absolute atomic E-state index is 0.261. The maximum atomic E-state index is 12.4. The first-order valence-electron chi connectivity index (χ1n) is 13.3. The Morgan fingerprint density at radius 3 is 1.77 bits per heavy atom. The molecule has 1 aliphatic heterocycles. The van der Waals surface area contributed by atoms with Crippen molar-refractivity contribution in [3.8, 4) is 0 Å². The predicted octanol–water partition coefficient (Wildman–Crippen LogP) is 7.41. The molecular formula is C26H49NO4. The van der Waals surface area contributed by atoms with Gasteiger partial charge in [0.1, 0.15) is 6.04 Å². The van der Waals surface area contributed by atoms with E-state index in [1.54, 1.807) is 4.90 Å². The molecule has 0 saturated carbocycles. The number of piperidine rings is 1. The Kier molecular flexibility index (Phi) is 17.4. The van der Waals surface area contributed by atoms with Gasteiger partial charge in [0.15, 0.2) is 0 Å². The zero-order valence-electron chi connectivity index (χ0n) is 20.5. The lowest BCUT2D eigenvalue weighted by atomic mass is 10.0. The summed E-state index contributed by atoms with van der Waals surface area (Å²) in [5.74, 6) is -0.261. The fraction of sp³-hybridized carbons (Fsp3) is 0.923. The van der Waals surface area contributed by atoms with E-state index in [-0.39, 0.29) is 12.1 Å². The van der Waals surface area contributed by atoms with Crippen LogP contribution in [0.25, 0.3) is 0 Å². The van der Waals surface area contributed by atoms with E-state index in [1.807, 2.05) is 6.92 Å². The first-order valence-corrected chi connectivity index (χ1v) is 13.3. The number of hydrogen-bond acceptors (Lipinski definition) is 4. The van der Waals surface area contributed by atoms with Gasteiger partial charge in [0.25, 0.3) is 0 Å². The second-order valence-electron chi connectivity index (χ2n) is 9.08. The monoisotopic (exact) mass is 439 g/mol. The molecule has 0 aromatic heterocycles. The second-order valence-corrected chi connectivity index (χ2v) is 9.08. The van der Waals surface area contributed by atoms with E-state index in [0.29, 0.717) is 26.2 Å². The summed E-state index contributed by atoms with van der Waals surface area (Å²) < 4.78 is 10.7. The van der Waals surface area contributed by atoms with E-state index < -0.39 is 6.04 Å². The van der Waals surface area contributed by atoms with E-state index in [4.69, 9.17) is 9.47 Å². The van der Waals surface area contributed by atoms with E-state index >= 15 is 0 Å². The highest BCUT2D eigenvalue weighted by Crippen LogP contribution is 2.20. The molecule has 1 heterocycles. The Labute approximate surface area is 191 Å². The van der Waals surface area contributed by atoms with Crippen LogP contribution in [0.4, 0.5) is 4.79 Å². The van der Waals surface area contributed by atoms with Crippen molar-refractivity contribution in [1.82, 2.24) is 4.90 Å². The number of nitrogens with zero attached hydrogens (tertiary/aromatic N) is 1. The quantitative estimate of drug-likeness (QED) is 0.165. The van der Waals surface area contributed by atoms with Crippen LogP contribution in [-0.4, -0.2) is 42.8 Å². The highest BCUT2D eigenvalue weighted by molar-refractivity contribution is 5.81. The van der Waals surface area contributed by atoms with Gasteiger partial charge < -0.3 is 9.47 Å². The zero-order valence-corrected chi connectivity index (χ0v) is 20.5. The molecule has 0 aromatic rings. The molecule has 1 rings (SSSR count). The van der Waals surface area contributed by atoms with Crippen LogP contribution in [0.5, 0.6) is 0 Å². The molecule has 182 valence electrons. The van der Waals surface area contributed by atoms with E-state index in [9.17, 15) is 9.59 Å². The zero-order chi connectivity index (χ0) is 22.6. The number of amides is 1. The Morgan fingerprint density at radius 1 is 0.677 bits per heavy atom. The van der Waals surface area contributed by atoms with Crippen LogP contribution in [-0.2, 0) is 14.3 Å². The molecule has 1 fully saturated rings. The van der Waals surface area contributed by atoms with Gasteiger partial charge >= 0.3 is 12.1 Å². The fourth-order valence-corrected chi connectivity index (χ4v) is 4.23. The fourth-order valence-electron chi connectivity index (χ4n) is 4.23. The minimum atomic E-state index is -0.468. The van der Waals surface area contributed by atoms with Crippen LogP contribution in [0.1, 0.15) is 129 Å². The standard InChI is InChI=1S/C26H49NO4/c1-3-5-6-7-8-9-10-11-12-13-14-15-16-19-23-30-25(28)24-20-17-18-21-27(24)26(29)31-22-4-2/h24H,3-23H2,1-2H3. The van der Waals surface area contributed by atoms with Crippen molar-refractivity contribution in [1.29, 1.82) is 0 Å². The number of rotatable bonds is 18. The van der Waals surface area contributed by atoms with Gasteiger partial charge in [0, 0.05) is 6.54 Å². The van der Waals surface area contributed by atoms with Crippen molar-refractivity contribution >= 4 is 12.1 Å². The third-order valence-electron chi connectivity index (χ3n) is 6.18. The summed E-state index contributed by atoms with van der Waals surface area (Å²) in [6, 6.07) is -0.468. The molecule has 1 unspecified atom stereocenters. The number of likely N-dealkylation sites (tertiary alicyclic amines) is 1. The first-order chi connectivity index (χ1) is 15.2. The number of ether oxygens (including phenoxy) is 2. The summed E-state index contributed by atoms with van der Waals surface area (Å²) in [4.78, 5) is 26.2. The molecule has 0 aliphatic carbocycles.